The second kappa shape index (κ2) is 9.44. The molecule has 3 N–H and O–H groups in total. The first-order chi connectivity index (χ1) is 12.0. The molecular weight excluding hydrogens is 312 g/mol. The van der Waals surface area contributed by atoms with Gasteiger partial charge in [-0.25, -0.2) is 0 Å². The third-order valence-electron chi connectivity index (χ3n) is 5.03. The maximum Gasteiger partial charge on any atom is 0.217 e. The lowest BCUT2D eigenvalue weighted by atomic mass is 9.88. The molecule has 0 bridgehead atoms. The quantitative estimate of drug-likeness (QED) is 0.615. The fourth-order valence-corrected chi connectivity index (χ4v) is 3.68. The summed E-state index contributed by atoms with van der Waals surface area (Å²) in [5.74, 6) is 2.02. The van der Waals surface area contributed by atoms with Crippen molar-refractivity contribution in [1.82, 2.24) is 10.2 Å². The van der Waals surface area contributed by atoms with Crippen LogP contribution in [0.5, 0.6) is 0 Å². The lowest BCUT2D eigenvalue weighted by Crippen LogP contribution is -2.48. The Kier molecular flexibility index (Phi) is 7.29. The number of primary amides is 1. The van der Waals surface area contributed by atoms with Crippen LogP contribution in [0, 0.1) is 11.8 Å². The number of nitrogens with one attached hydrogen (secondary N) is 1. The molecule has 0 spiro atoms. The number of amides is 1. The van der Waals surface area contributed by atoms with Crippen LogP contribution in [0.2, 0.25) is 0 Å². The van der Waals surface area contributed by atoms with Gasteiger partial charge >= 0.3 is 0 Å². The molecule has 0 radical (unpaired) electrons. The molecule has 1 aromatic carbocycles. The zero-order chi connectivity index (χ0) is 18.2. The van der Waals surface area contributed by atoms with Crippen molar-refractivity contribution in [2.75, 3.05) is 26.7 Å². The summed E-state index contributed by atoms with van der Waals surface area (Å²) in [6.45, 7) is 7.19. The summed E-state index contributed by atoms with van der Waals surface area (Å²) < 4.78 is 0. The van der Waals surface area contributed by atoms with Gasteiger partial charge in [-0.3, -0.25) is 9.79 Å². The number of benzene rings is 1. The summed E-state index contributed by atoms with van der Waals surface area (Å²) in [4.78, 5) is 17.9. The number of carbonyl (C=O) groups is 1. The standard InChI is InChI=1S/C20H32N4O/c1-15(2)18(17-9-5-4-6-10-17)13-23-20(22-3)24-11-7-8-16(14-24)12-19(21)25/h4-6,9-10,15-16,18H,7-8,11-14H2,1-3H3,(H2,21,25)(H,22,23). The number of likely N-dealkylation sites (tertiary alicyclic amines) is 1. The van der Waals surface area contributed by atoms with Crippen LogP contribution in [0.1, 0.15) is 44.6 Å². The number of hydrogen-bond donors (Lipinski definition) is 2. The van der Waals surface area contributed by atoms with Crippen molar-refractivity contribution in [3.05, 3.63) is 35.9 Å². The SMILES string of the molecule is CN=C(NCC(c1ccccc1)C(C)C)N1CCCC(CC(N)=O)C1. The van der Waals surface area contributed by atoms with E-state index >= 15 is 0 Å². The molecule has 1 heterocycles. The van der Waals surface area contributed by atoms with Crippen LogP contribution in [-0.4, -0.2) is 43.4 Å². The van der Waals surface area contributed by atoms with E-state index < -0.39 is 0 Å². The number of carbonyl (C=O) groups excluding carboxylic acids is 1. The van der Waals surface area contributed by atoms with Gasteiger partial charge in [-0.05, 0) is 30.2 Å². The second-order valence-electron chi connectivity index (χ2n) is 7.31. The van der Waals surface area contributed by atoms with Gasteiger partial charge in [-0.15, -0.1) is 0 Å². The van der Waals surface area contributed by atoms with Crippen molar-refractivity contribution in [2.45, 2.75) is 39.0 Å². The highest BCUT2D eigenvalue weighted by Crippen LogP contribution is 2.24. The smallest absolute Gasteiger partial charge is 0.217 e. The van der Waals surface area contributed by atoms with Gasteiger partial charge in [0.2, 0.25) is 5.91 Å². The Morgan fingerprint density at radius 3 is 2.68 bits per heavy atom. The zero-order valence-electron chi connectivity index (χ0n) is 15.7. The first kappa shape index (κ1) is 19.3. The molecule has 1 amide bonds. The third-order valence-corrected chi connectivity index (χ3v) is 5.03. The first-order valence-electron chi connectivity index (χ1n) is 9.30. The summed E-state index contributed by atoms with van der Waals surface area (Å²) in [5.41, 5.74) is 6.72. The maximum absolute atomic E-state index is 11.2. The van der Waals surface area contributed by atoms with Crippen LogP contribution in [-0.2, 0) is 4.79 Å². The van der Waals surface area contributed by atoms with Gasteiger partial charge < -0.3 is 16.0 Å². The van der Waals surface area contributed by atoms with Crippen LogP contribution < -0.4 is 11.1 Å². The number of nitrogens with zero attached hydrogens (tertiary/aromatic N) is 2. The summed E-state index contributed by atoms with van der Waals surface area (Å²) >= 11 is 0. The fourth-order valence-electron chi connectivity index (χ4n) is 3.68. The maximum atomic E-state index is 11.2. The number of rotatable bonds is 6. The first-order valence-corrected chi connectivity index (χ1v) is 9.30. The molecule has 25 heavy (non-hydrogen) atoms. The van der Waals surface area contributed by atoms with E-state index in [2.05, 4.69) is 59.4 Å². The summed E-state index contributed by atoms with van der Waals surface area (Å²) in [6.07, 6.45) is 2.60. The van der Waals surface area contributed by atoms with E-state index in [9.17, 15) is 4.79 Å². The summed E-state index contributed by atoms with van der Waals surface area (Å²) in [7, 11) is 1.83. The average molecular weight is 345 g/mol. The van der Waals surface area contributed by atoms with Crippen LogP contribution in [0.25, 0.3) is 0 Å². The number of hydrogen-bond acceptors (Lipinski definition) is 2. The topological polar surface area (TPSA) is 70.7 Å². The third kappa shape index (κ3) is 5.76. The Balaban J connectivity index is 1.97. The van der Waals surface area contributed by atoms with Gasteiger partial charge in [-0.1, -0.05) is 44.2 Å². The van der Waals surface area contributed by atoms with E-state index in [-0.39, 0.29) is 5.91 Å². The number of guanidine groups is 1. The molecule has 1 aliphatic rings. The van der Waals surface area contributed by atoms with Crippen molar-refractivity contribution in [3.63, 3.8) is 0 Å². The molecule has 0 aliphatic carbocycles. The van der Waals surface area contributed by atoms with E-state index in [1.807, 2.05) is 7.05 Å². The van der Waals surface area contributed by atoms with Crippen molar-refractivity contribution in [1.29, 1.82) is 0 Å². The van der Waals surface area contributed by atoms with Crippen molar-refractivity contribution in [2.24, 2.45) is 22.6 Å². The van der Waals surface area contributed by atoms with Crippen LogP contribution in [0.4, 0.5) is 0 Å². The molecular formula is C20H32N4O. The van der Waals surface area contributed by atoms with Gasteiger partial charge in [0.1, 0.15) is 0 Å². The van der Waals surface area contributed by atoms with E-state index in [1.54, 1.807) is 0 Å². The Hall–Kier alpha value is -2.04. The number of nitrogens with two attached hydrogens (primary N) is 1. The van der Waals surface area contributed by atoms with Gasteiger partial charge in [0.15, 0.2) is 5.96 Å². The van der Waals surface area contributed by atoms with Gasteiger partial charge in [0.25, 0.3) is 0 Å². The monoisotopic (exact) mass is 344 g/mol. The van der Waals surface area contributed by atoms with Crippen LogP contribution >= 0.6 is 0 Å². The van der Waals surface area contributed by atoms with Crippen molar-refractivity contribution >= 4 is 11.9 Å². The minimum absolute atomic E-state index is 0.209. The molecule has 0 saturated carbocycles. The Morgan fingerprint density at radius 2 is 2.08 bits per heavy atom. The molecule has 138 valence electrons. The largest absolute Gasteiger partial charge is 0.370 e. The van der Waals surface area contributed by atoms with E-state index in [1.165, 1.54) is 5.56 Å². The molecule has 1 aromatic rings. The van der Waals surface area contributed by atoms with Crippen molar-refractivity contribution < 1.29 is 4.79 Å². The normalized spacial score (nSPS) is 19.8. The Bertz CT molecular complexity index is 570. The van der Waals surface area contributed by atoms with E-state index in [0.717, 1.165) is 38.4 Å². The molecule has 2 unspecified atom stereocenters. The summed E-state index contributed by atoms with van der Waals surface area (Å²) in [5, 5.41) is 3.55. The molecule has 2 atom stereocenters. The van der Waals surface area contributed by atoms with Crippen molar-refractivity contribution in [3.8, 4) is 0 Å². The molecule has 5 nitrogen and oxygen atoms in total. The minimum atomic E-state index is -0.209. The Morgan fingerprint density at radius 1 is 1.36 bits per heavy atom. The molecule has 1 aliphatic heterocycles. The molecule has 0 aromatic heterocycles. The number of aliphatic imine (C=N–C) groups is 1. The fraction of sp³-hybridized carbons (Fsp3) is 0.600. The van der Waals surface area contributed by atoms with Gasteiger partial charge in [0, 0.05) is 39.0 Å². The Labute approximate surface area is 151 Å². The lowest BCUT2D eigenvalue weighted by molar-refractivity contribution is -0.119. The molecule has 5 heteroatoms. The van der Waals surface area contributed by atoms with Crippen LogP contribution in [0.3, 0.4) is 0 Å². The molecule has 1 saturated heterocycles. The second-order valence-corrected chi connectivity index (χ2v) is 7.31. The molecule has 1 fully saturated rings. The lowest BCUT2D eigenvalue weighted by Gasteiger charge is -2.35. The molecule has 2 rings (SSSR count). The highest BCUT2D eigenvalue weighted by Gasteiger charge is 2.24. The predicted molar refractivity (Wildman–Crippen MR) is 103 cm³/mol. The predicted octanol–water partition coefficient (Wildman–Crippen LogP) is 2.59. The summed E-state index contributed by atoms with van der Waals surface area (Å²) in [6, 6.07) is 10.6. The number of piperidine rings is 1. The van der Waals surface area contributed by atoms with Crippen LogP contribution in [0.15, 0.2) is 35.3 Å². The highest BCUT2D eigenvalue weighted by molar-refractivity contribution is 5.80. The zero-order valence-corrected chi connectivity index (χ0v) is 15.7. The highest BCUT2D eigenvalue weighted by atomic mass is 16.1. The van der Waals surface area contributed by atoms with Gasteiger partial charge in [-0.2, -0.15) is 0 Å². The van der Waals surface area contributed by atoms with E-state index in [4.69, 9.17) is 5.73 Å². The average Bonchev–Trinajstić information content (AvgIpc) is 2.59. The van der Waals surface area contributed by atoms with Gasteiger partial charge in [0.05, 0.1) is 0 Å². The minimum Gasteiger partial charge on any atom is -0.370 e. The van der Waals surface area contributed by atoms with E-state index in [0.29, 0.717) is 24.2 Å².